The Labute approximate surface area is 109 Å². The normalized spacial score (nSPS) is 22.1. The molecule has 1 amide bonds. The van der Waals surface area contributed by atoms with Crippen molar-refractivity contribution in [2.75, 3.05) is 5.73 Å². The van der Waals surface area contributed by atoms with E-state index in [1.807, 2.05) is 17.7 Å². The standard InChI is InChI=1S/C14H23N3O/c1-4-17-9-10(15)8-11(17)13(18)16-12-6-5-7-14(12,2)3/h8-9,12H,4-7,15H2,1-3H3,(H,16,18). The number of hydrogen-bond acceptors (Lipinski definition) is 2. The fourth-order valence-electron chi connectivity index (χ4n) is 2.81. The summed E-state index contributed by atoms with van der Waals surface area (Å²) in [5, 5.41) is 3.16. The van der Waals surface area contributed by atoms with E-state index in [9.17, 15) is 4.79 Å². The Morgan fingerprint density at radius 2 is 2.33 bits per heavy atom. The predicted molar refractivity (Wildman–Crippen MR) is 73.4 cm³/mol. The van der Waals surface area contributed by atoms with Gasteiger partial charge in [0, 0.05) is 18.8 Å². The molecule has 1 aliphatic carbocycles. The van der Waals surface area contributed by atoms with Gasteiger partial charge in [0.15, 0.2) is 0 Å². The summed E-state index contributed by atoms with van der Waals surface area (Å²) in [6.45, 7) is 7.21. The molecule has 100 valence electrons. The third-order valence-corrected chi connectivity index (χ3v) is 4.05. The number of carbonyl (C=O) groups is 1. The maximum atomic E-state index is 12.3. The number of amides is 1. The van der Waals surface area contributed by atoms with Crippen molar-refractivity contribution in [1.82, 2.24) is 9.88 Å². The van der Waals surface area contributed by atoms with E-state index >= 15 is 0 Å². The largest absolute Gasteiger partial charge is 0.397 e. The van der Waals surface area contributed by atoms with Crippen LogP contribution < -0.4 is 11.1 Å². The number of nitrogens with two attached hydrogens (primary N) is 1. The van der Waals surface area contributed by atoms with Crippen LogP contribution in [0.1, 0.15) is 50.5 Å². The summed E-state index contributed by atoms with van der Waals surface area (Å²) in [4.78, 5) is 12.3. The van der Waals surface area contributed by atoms with Crippen molar-refractivity contribution in [3.05, 3.63) is 18.0 Å². The summed E-state index contributed by atoms with van der Waals surface area (Å²) in [6.07, 6.45) is 5.25. The van der Waals surface area contributed by atoms with Crippen LogP contribution in [0, 0.1) is 5.41 Å². The molecule has 1 unspecified atom stereocenters. The van der Waals surface area contributed by atoms with Crippen LogP contribution in [0.2, 0.25) is 0 Å². The minimum atomic E-state index is -0.00600. The Balaban J connectivity index is 2.12. The molecule has 0 aromatic carbocycles. The van der Waals surface area contributed by atoms with Gasteiger partial charge >= 0.3 is 0 Å². The number of anilines is 1. The molecule has 1 aromatic heterocycles. The number of rotatable bonds is 3. The van der Waals surface area contributed by atoms with Crippen LogP contribution in [-0.2, 0) is 6.54 Å². The molecular weight excluding hydrogens is 226 g/mol. The first kappa shape index (κ1) is 13.0. The summed E-state index contributed by atoms with van der Waals surface area (Å²) in [6, 6.07) is 2.02. The van der Waals surface area contributed by atoms with Gasteiger partial charge in [-0.1, -0.05) is 20.3 Å². The van der Waals surface area contributed by atoms with Crippen molar-refractivity contribution in [2.24, 2.45) is 5.41 Å². The first-order valence-electron chi connectivity index (χ1n) is 6.70. The smallest absolute Gasteiger partial charge is 0.268 e. The number of nitrogens with zero attached hydrogens (tertiary/aromatic N) is 1. The van der Waals surface area contributed by atoms with Crippen molar-refractivity contribution in [3.8, 4) is 0 Å². The minimum absolute atomic E-state index is 0.00600. The highest BCUT2D eigenvalue weighted by molar-refractivity contribution is 5.94. The molecule has 0 radical (unpaired) electrons. The minimum Gasteiger partial charge on any atom is -0.397 e. The first-order valence-corrected chi connectivity index (χ1v) is 6.70. The van der Waals surface area contributed by atoms with Crippen molar-refractivity contribution < 1.29 is 4.79 Å². The molecule has 1 fully saturated rings. The molecule has 3 N–H and O–H groups in total. The molecule has 18 heavy (non-hydrogen) atoms. The van der Waals surface area contributed by atoms with Gasteiger partial charge in [-0.05, 0) is 31.2 Å². The maximum absolute atomic E-state index is 12.3. The van der Waals surface area contributed by atoms with Crippen molar-refractivity contribution in [1.29, 1.82) is 0 Å². The zero-order valence-corrected chi connectivity index (χ0v) is 11.5. The fraction of sp³-hybridized carbons (Fsp3) is 0.643. The first-order chi connectivity index (χ1) is 8.44. The van der Waals surface area contributed by atoms with Crippen LogP contribution in [0.25, 0.3) is 0 Å². The van der Waals surface area contributed by atoms with Gasteiger partial charge in [-0.15, -0.1) is 0 Å². The molecule has 2 rings (SSSR count). The van der Waals surface area contributed by atoms with E-state index < -0.39 is 0 Å². The van der Waals surface area contributed by atoms with Crippen molar-refractivity contribution in [2.45, 2.75) is 52.6 Å². The zero-order chi connectivity index (χ0) is 13.3. The Morgan fingerprint density at radius 3 is 2.89 bits per heavy atom. The summed E-state index contributed by atoms with van der Waals surface area (Å²) < 4.78 is 1.90. The monoisotopic (exact) mass is 249 g/mol. The number of carbonyl (C=O) groups excluding carboxylic acids is 1. The highest BCUT2D eigenvalue weighted by Gasteiger charge is 2.35. The quantitative estimate of drug-likeness (QED) is 0.864. The molecule has 1 aliphatic rings. The maximum Gasteiger partial charge on any atom is 0.268 e. The molecule has 1 atom stereocenters. The highest BCUT2D eigenvalue weighted by atomic mass is 16.2. The number of aryl methyl sites for hydroxylation is 1. The summed E-state index contributed by atoms with van der Waals surface area (Å²) in [7, 11) is 0. The van der Waals surface area contributed by atoms with Crippen LogP contribution in [0.15, 0.2) is 12.3 Å². The van der Waals surface area contributed by atoms with Crippen molar-refractivity contribution in [3.63, 3.8) is 0 Å². The van der Waals surface area contributed by atoms with Crippen LogP contribution in [0.4, 0.5) is 5.69 Å². The summed E-state index contributed by atoms with van der Waals surface area (Å²) in [5.74, 6) is -0.00600. The lowest BCUT2D eigenvalue weighted by Crippen LogP contribution is -2.42. The molecule has 4 heteroatoms. The molecule has 1 aromatic rings. The van der Waals surface area contributed by atoms with Gasteiger partial charge in [-0.25, -0.2) is 0 Å². The number of aromatic nitrogens is 1. The van der Waals surface area contributed by atoms with Gasteiger partial charge in [-0.2, -0.15) is 0 Å². The van der Waals surface area contributed by atoms with Gasteiger partial charge in [-0.3, -0.25) is 4.79 Å². The van der Waals surface area contributed by atoms with E-state index in [2.05, 4.69) is 19.2 Å². The lowest BCUT2D eigenvalue weighted by molar-refractivity contribution is 0.0900. The van der Waals surface area contributed by atoms with E-state index in [1.165, 1.54) is 12.8 Å². The van der Waals surface area contributed by atoms with Gasteiger partial charge in [0.2, 0.25) is 0 Å². The Kier molecular flexibility index (Phi) is 3.37. The summed E-state index contributed by atoms with van der Waals surface area (Å²) in [5.41, 5.74) is 7.26. The molecular formula is C14H23N3O. The fourth-order valence-corrected chi connectivity index (χ4v) is 2.81. The van der Waals surface area contributed by atoms with E-state index in [0.717, 1.165) is 13.0 Å². The van der Waals surface area contributed by atoms with Crippen LogP contribution in [-0.4, -0.2) is 16.5 Å². The van der Waals surface area contributed by atoms with E-state index in [-0.39, 0.29) is 17.4 Å². The summed E-state index contributed by atoms with van der Waals surface area (Å²) >= 11 is 0. The van der Waals surface area contributed by atoms with Crippen molar-refractivity contribution >= 4 is 11.6 Å². The lowest BCUT2D eigenvalue weighted by atomic mass is 9.87. The third kappa shape index (κ3) is 2.37. The lowest BCUT2D eigenvalue weighted by Gasteiger charge is -2.27. The molecule has 1 heterocycles. The highest BCUT2D eigenvalue weighted by Crippen LogP contribution is 2.37. The molecule has 0 saturated heterocycles. The Bertz CT molecular complexity index is 448. The van der Waals surface area contributed by atoms with Crippen LogP contribution >= 0.6 is 0 Å². The SMILES string of the molecule is CCn1cc(N)cc1C(=O)NC1CCCC1(C)C. The Morgan fingerprint density at radius 1 is 1.61 bits per heavy atom. The molecule has 0 aliphatic heterocycles. The van der Waals surface area contributed by atoms with E-state index in [0.29, 0.717) is 11.4 Å². The second-order valence-corrected chi connectivity index (χ2v) is 5.85. The third-order valence-electron chi connectivity index (χ3n) is 4.05. The van der Waals surface area contributed by atoms with Gasteiger partial charge in [0.1, 0.15) is 5.69 Å². The van der Waals surface area contributed by atoms with Gasteiger partial charge < -0.3 is 15.6 Å². The molecule has 4 nitrogen and oxygen atoms in total. The van der Waals surface area contributed by atoms with E-state index in [1.54, 1.807) is 6.07 Å². The average Bonchev–Trinajstić information content (AvgIpc) is 2.82. The average molecular weight is 249 g/mol. The number of nitrogens with one attached hydrogen (secondary N) is 1. The van der Waals surface area contributed by atoms with Gasteiger partial charge in [0.05, 0.1) is 5.69 Å². The second-order valence-electron chi connectivity index (χ2n) is 5.85. The van der Waals surface area contributed by atoms with Crippen LogP contribution in [0.3, 0.4) is 0 Å². The van der Waals surface area contributed by atoms with E-state index in [4.69, 9.17) is 5.73 Å². The number of nitrogen functional groups attached to an aromatic ring is 1. The number of hydrogen-bond donors (Lipinski definition) is 2. The molecule has 1 saturated carbocycles. The van der Waals surface area contributed by atoms with Gasteiger partial charge in [0.25, 0.3) is 5.91 Å². The Hall–Kier alpha value is -1.45. The second kappa shape index (κ2) is 4.67. The molecule has 0 spiro atoms. The topological polar surface area (TPSA) is 60.0 Å². The predicted octanol–water partition coefficient (Wildman–Crippen LogP) is 2.40. The zero-order valence-electron chi connectivity index (χ0n) is 11.5. The molecule has 0 bridgehead atoms. The van der Waals surface area contributed by atoms with Crippen LogP contribution in [0.5, 0.6) is 0 Å².